The molecule has 1 unspecified atom stereocenters. The molecule has 2 aromatic carbocycles. The number of phenolic OH excluding ortho intramolecular Hbond substituents is 1. The third-order valence-corrected chi connectivity index (χ3v) is 4.46. The molecule has 6 nitrogen and oxygen atoms in total. The van der Waals surface area contributed by atoms with Gasteiger partial charge in [-0.25, -0.2) is 4.98 Å². The Labute approximate surface area is 152 Å². The zero-order valence-corrected chi connectivity index (χ0v) is 15.1. The molecule has 0 saturated carbocycles. The molecule has 0 bridgehead atoms. The van der Waals surface area contributed by atoms with Crippen molar-refractivity contribution < 1.29 is 14.6 Å². The third kappa shape index (κ3) is 3.50. The summed E-state index contributed by atoms with van der Waals surface area (Å²) in [5, 5.41) is 9.47. The fourth-order valence-corrected chi connectivity index (χ4v) is 3.04. The van der Waals surface area contributed by atoms with Crippen LogP contribution in [0, 0.1) is 0 Å². The van der Waals surface area contributed by atoms with Crippen LogP contribution in [0.25, 0.3) is 0 Å². The minimum atomic E-state index is -0.303. The van der Waals surface area contributed by atoms with E-state index >= 15 is 0 Å². The number of methoxy groups -OCH3 is 2. The van der Waals surface area contributed by atoms with Crippen molar-refractivity contribution in [2.45, 2.75) is 12.5 Å². The Morgan fingerprint density at radius 3 is 2.31 bits per heavy atom. The fraction of sp³-hybridized carbons (Fsp3) is 0.250. The monoisotopic (exact) mass is 353 g/mol. The van der Waals surface area contributed by atoms with Crippen LogP contribution in [0.15, 0.2) is 48.5 Å². The summed E-state index contributed by atoms with van der Waals surface area (Å²) in [6, 6.07) is 14.8. The first-order chi connectivity index (χ1) is 12.5. The first-order valence-electron chi connectivity index (χ1n) is 8.29. The molecule has 0 radical (unpaired) electrons. The molecule has 3 aromatic rings. The SMILES string of the molecule is COc1ccc(C(OC)c2c(Cc3ccc(O)cc3)nc(N)n2C)cc1. The lowest BCUT2D eigenvalue weighted by molar-refractivity contribution is 0.129. The summed E-state index contributed by atoms with van der Waals surface area (Å²) in [6.07, 6.45) is 0.291. The van der Waals surface area contributed by atoms with Crippen LogP contribution in [-0.2, 0) is 18.2 Å². The molecule has 0 aliphatic carbocycles. The van der Waals surface area contributed by atoms with E-state index in [-0.39, 0.29) is 11.9 Å². The first-order valence-corrected chi connectivity index (χ1v) is 8.29. The Kier molecular flexibility index (Phi) is 5.14. The van der Waals surface area contributed by atoms with Gasteiger partial charge in [-0.15, -0.1) is 0 Å². The Balaban J connectivity index is 1.99. The fourth-order valence-electron chi connectivity index (χ4n) is 3.04. The first kappa shape index (κ1) is 17.8. The number of nitrogens with two attached hydrogens (primary N) is 1. The second-order valence-electron chi connectivity index (χ2n) is 6.09. The maximum atomic E-state index is 9.47. The predicted octanol–water partition coefficient (Wildman–Crippen LogP) is 3.04. The highest BCUT2D eigenvalue weighted by Gasteiger charge is 2.24. The molecule has 0 spiro atoms. The van der Waals surface area contributed by atoms with Crippen LogP contribution < -0.4 is 10.5 Å². The Morgan fingerprint density at radius 1 is 1.08 bits per heavy atom. The lowest BCUT2D eigenvalue weighted by Crippen LogP contribution is -2.12. The summed E-state index contributed by atoms with van der Waals surface area (Å²) < 4.78 is 12.9. The molecule has 1 aromatic heterocycles. The third-order valence-electron chi connectivity index (χ3n) is 4.46. The van der Waals surface area contributed by atoms with Crippen LogP contribution in [0.4, 0.5) is 5.95 Å². The van der Waals surface area contributed by atoms with Crippen molar-refractivity contribution in [1.82, 2.24) is 9.55 Å². The second-order valence-corrected chi connectivity index (χ2v) is 6.09. The van der Waals surface area contributed by atoms with Gasteiger partial charge in [-0.2, -0.15) is 0 Å². The highest BCUT2D eigenvalue weighted by molar-refractivity contribution is 5.40. The van der Waals surface area contributed by atoms with E-state index in [0.29, 0.717) is 12.4 Å². The maximum Gasteiger partial charge on any atom is 0.200 e. The molecular formula is C20H23N3O3. The van der Waals surface area contributed by atoms with Gasteiger partial charge in [0.05, 0.1) is 18.5 Å². The Morgan fingerprint density at radius 2 is 1.73 bits per heavy atom. The van der Waals surface area contributed by atoms with Crippen molar-refractivity contribution in [2.75, 3.05) is 20.0 Å². The van der Waals surface area contributed by atoms with Gasteiger partial charge >= 0.3 is 0 Å². The van der Waals surface area contributed by atoms with Gasteiger partial charge < -0.3 is 24.9 Å². The molecule has 0 aliphatic heterocycles. The van der Waals surface area contributed by atoms with E-state index in [1.807, 2.05) is 48.0 Å². The molecule has 0 fully saturated rings. The zero-order valence-electron chi connectivity index (χ0n) is 15.1. The van der Waals surface area contributed by atoms with Crippen LogP contribution >= 0.6 is 0 Å². The molecule has 0 aliphatic rings. The standard InChI is InChI=1S/C20H23N3O3/c1-23-18(19(26-3)14-6-10-16(25-2)11-7-14)17(22-20(23)21)12-13-4-8-15(24)9-5-13/h4-11,19,24H,12H2,1-3H3,(H2,21,22). The van der Waals surface area contributed by atoms with Crippen LogP contribution in [0.1, 0.15) is 28.6 Å². The number of hydrogen-bond acceptors (Lipinski definition) is 5. The number of benzene rings is 2. The number of hydrogen-bond donors (Lipinski definition) is 2. The Bertz CT molecular complexity index is 871. The van der Waals surface area contributed by atoms with Crippen LogP contribution in [-0.4, -0.2) is 28.9 Å². The average Bonchev–Trinajstić information content (AvgIpc) is 2.93. The number of nitrogens with zero attached hydrogens (tertiary/aromatic N) is 2. The number of rotatable bonds is 6. The lowest BCUT2D eigenvalue weighted by Gasteiger charge is -2.19. The molecule has 1 heterocycles. The molecule has 0 amide bonds. The van der Waals surface area contributed by atoms with Gasteiger partial charge in [0.2, 0.25) is 0 Å². The number of ether oxygens (including phenoxy) is 2. The quantitative estimate of drug-likeness (QED) is 0.712. The van der Waals surface area contributed by atoms with Crippen molar-refractivity contribution >= 4 is 5.95 Å². The minimum Gasteiger partial charge on any atom is -0.508 e. The molecule has 136 valence electrons. The van der Waals surface area contributed by atoms with Gasteiger partial charge in [0.15, 0.2) is 5.95 Å². The van der Waals surface area contributed by atoms with Gasteiger partial charge in [0.25, 0.3) is 0 Å². The van der Waals surface area contributed by atoms with E-state index in [4.69, 9.17) is 15.2 Å². The van der Waals surface area contributed by atoms with E-state index in [0.717, 1.165) is 28.3 Å². The van der Waals surface area contributed by atoms with Gasteiger partial charge in [-0.05, 0) is 35.4 Å². The zero-order chi connectivity index (χ0) is 18.7. The number of imidazole rings is 1. The topological polar surface area (TPSA) is 82.5 Å². The molecule has 3 rings (SSSR count). The molecular weight excluding hydrogens is 330 g/mol. The second kappa shape index (κ2) is 7.49. The maximum absolute atomic E-state index is 9.47. The van der Waals surface area contributed by atoms with Gasteiger partial charge in [0, 0.05) is 20.6 Å². The smallest absolute Gasteiger partial charge is 0.200 e. The van der Waals surface area contributed by atoms with E-state index in [1.165, 1.54) is 0 Å². The summed E-state index contributed by atoms with van der Waals surface area (Å²) in [7, 11) is 5.19. The van der Waals surface area contributed by atoms with Crippen molar-refractivity contribution in [3.8, 4) is 11.5 Å². The molecule has 1 atom stereocenters. The number of aromatic nitrogens is 2. The minimum absolute atomic E-state index is 0.238. The predicted molar refractivity (Wildman–Crippen MR) is 100 cm³/mol. The highest BCUT2D eigenvalue weighted by atomic mass is 16.5. The summed E-state index contributed by atoms with van der Waals surface area (Å²) in [6.45, 7) is 0. The highest BCUT2D eigenvalue weighted by Crippen LogP contribution is 2.31. The van der Waals surface area contributed by atoms with Crippen molar-refractivity contribution in [2.24, 2.45) is 7.05 Å². The van der Waals surface area contributed by atoms with E-state index < -0.39 is 0 Å². The number of phenols is 1. The summed E-state index contributed by atoms with van der Waals surface area (Å²) in [5.41, 5.74) is 9.85. The number of nitrogen functional groups attached to an aromatic ring is 1. The van der Waals surface area contributed by atoms with Crippen LogP contribution in [0.3, 0.4) is 0 Å². The van der Waals surface area contributed by atoms with Gasteiger partial charge in [0.1, 0.15) is 17.6 Å². The van der Waals surface area contributed by atoms with Crippen molar-refractivity contribution in [1.29, 1.82) is 0 Å². The summed E-state index contributed by atoms with van der Waals surface area (Å²) >= 11 is 0. The normalized spacial score (nSPS) is 12.1. The van der Waals surface area contributed by atoms with E-state index in [2.05, 4.69) is 4.98 Å². The average molecular weight is 353 g/mol. The molecule has 0 saturated heterocycles. The largest absolute Gasteiger partial charge is 0.508 e. The number of aromatic hydroxyl groups is 1. The molecule has 6 heteroatoms. The summed E-state index contributed by atoms with van der Waals surface area (Å²) in [4.78, 5) is 4.53. The number of anilines is 1. The van der Waals surface area contributed by atoms with Crippen LogP contribution in [0.2, 0.25) is 0 Å². The Hall–Kier alpha value is -2.99. The summed E-state index contributed by atoms with van der Waals surface area (Å²) in [5.74, 6) is 1.46. The molecule has 3 N–H and O–H groups in total. The van der Waals surface area contributed by atoms with Gasteiger partial charge in [-0.3, -0.25) is 0 Å². The van der Waals surface area contributed by atoms with Gasteiger partial charge in [-0.1, -0.05) is 24.3 Å². The van der Waals surface area contributed by atoms with E-state index in [9.17, 15) is 5.11 Å². The van der Waals surface area contributed by atoms with E-state index in [1.54, 1.807) is 26.4 Å². The van der Waals surface area contributed by atoms with Crippen molar-refractivity contribution in [3.63, 3.8) is 0 Å². The van der Waals surface area contributed by atoms with Crippen LogP contribution in [0.5, 0.6) is 11.5 Å². The molecule has 26 heavy (non-hydrogen) atoms. The lowest BCUT2D eigenvalue weighted by atomic mass is 10.0. The van der Waals surface area contributed by atoms with Crippen molar-refractivity contribution in [3.05, 3.63) is 71.0 Å².